The summed E-state index contributed by atoms with van der Waals surface area (Å²) in [7, 11) is -3.79. The fourth-order valence-corrected chi connectivity index (χ4v) is 5.29. The van der Waals surface area contributed by atoms with Crippen molar-refractivity contribution in [3.05, 3.63) is 90.3 Å². The fraction of sp³-hybridized carbons (Fsp3) is 0.154. The van der Waals surface area contributed by atoms with Crippen molar-refractivity contribution >= 4 is 27.0 Å². The fourth-order valence-electron chi connectivity index (χ4n) is 4.14. The quantitative estimate of drug-likeness (QED) is 0.347. The number of nitrogen functional groups attached to an aromatic ring is 1. The third-order valence-corrected chi connectivity index (χ3v) is 8.09. The second kappa shape index (κ2) is 8.87. The molecule has 0 fully saturated rings. The first-order chi connectivity index (χ1) is 17.2. The van der Waals surface area contributed by atoms with Gasteiger partial charge in [0.15, 0.2) is 0 Å². The van der Waals surface area contributed by atoms with Gasteiger partial charge < -0.3 is 10.3 Å². The third-order valence-electron chi connectivity index (χ3n) is 6.00. The maximum absolute atomic E-state index is 14.5. The molecule has 2 N–H and O–H groups in total. The molecule has 7 nitrogen and oxygen atoms in total. The normalized spacial score (nSPS) is 12.0. The van der Waals surface area contributed by atoms with Gasteiger partial charge in [0, 0.05) is 22.8 Å². The van der Waals surface area contributed by atoms with Gasteiger partial charge in [-0.25, -0.2) is 31.1 Å². The zero-order chi connectivity index (χ0) is 25.6. The zero-order valence-corrected chi connectivity index (χ0v) is 20.4. The monoisotopic (exact) mass is 507 g/mol. The highest BCUT2D eigenvalue weighted by Crippen LogP contribution is 2.34. The molecule has 0 atom stereocenters. The summed E-state index contributed by atoms with van der Waals surface area (Å²) in [4.78, 5) is 8.82. The van der Waals surface area contributed by atoms with Crippen molar-refractivity contribution in [2.45, 2.75) is 25.6 Å². The van der Waals surface area contributed by atoms with Crippen LogP contribution in [0.4, 0.5) is 14.7 Å². The van der Waals surface area contributed by atoms with Gasteiger partial charge in [0.05, 0.1) is 40.5 Å². The average molecular weight is 508 g/mol. The topological polar surface area (TPSA) is 95.8 Å². The number of nitrogens with two attached hydrogens (primary N) is 1. The predicted octanol–water partition coefficient (Wildman–Crippen LogP) is 5.06. The van der Waals surface area contributed by atoms with E-state index in [1.165, 1.54) is 12.1 Å². The Kier molecular flexibility index (Phi) is 5.83. The molecule has 0 radical (unpaired) electrons. The van der Waals surface area contributed by atoms with Crippen LogP contribution in [-0.4, -0.2) is 32.2 Å². The summed E-state index contributed by atoms with van der Waals surface area (Å²) in [6.07, 6.45) is 1.58. The molecule has 0 spiro atoms. The van der Waals surface area contributed by atoms with Gasteiger partial charge in [0.25, 0.3) is 0 Å². The van der Waals surface area contributed by atoms with Gasteiger partial charge in [-0.05, 0) is 32.0 Å². The molecule has 0 bridgehead atoms. The molecule has 2 aromatic heterocycles. The molecular formula is C26H23F2N5O2S. The molecule has 36 heavy (non-hydrogen) atoms. The van der Waals surface area contributed by atoms with Crippen molar-refractivity contribution in [3.63, 3.8) is 0 Å². The number of benzene rings is 3. The van der Waals surface area contributed by atoms with Crippen LogP contribution in [0.2, 0.25) is 0 Å². The molecule has 0 aliphatic carbocycles. The Morgan fingerprint density at radius 2 is 1.72 bits per heavy atom. The Balaban J connectivity index is 1.73. The highest BCUT2D eigenvalue weighted by molar-refractivity contribution is 7.90. The Morgan fingerprint density at radius 1 is 0.972 bits per heavy atom. The van der Waals surface area contributed by atoms with E-state index in [1.807, 2.05) is 30.3 Å². The van der Waals surface area contributed by atoms with E-state index in [9.17, 15) is 17.2 Å². The number of aromatic nitrogens is 4. The van der Waals surface area contributed by atoms with Crippen LogP contribution in [0.5, 0.6) is 0 Å². The molecular weight excluding hydrogens is 484 g/mol. The Bertz CT molecular complexity index is 1690. The van der Waals surface area contributed by atoms with Gasteiger partial charge in [0.1, 0.15) is 11.6 Å². The molecule has 5 aromatic rings. The molecule has 10 heteroatoms. The standard InChI is InChI=1S/C26H23F2N5O2S/c1-16(2)36(34,35)33-23-12-18(9-11-22(23)31-26(33)29)25-24(17-6-4-3-5-7-17)30-15-32(25)14-19-8-10-20(27)13-21(19)28/h3-13,15-16H,14H2,1-2H3,(H2,29,31). The Morgan fingerprint density at radius 3 is 2.42 bits per heavy atom. The summed E-state index contributed by atoms with van der Waals surface area (Å²) >= 11 is 0. The number of imidazole rings is 2. The lowest BCUT2D eigenvalue weighted by molar-refractivity contribution is 0.566. The molecule has 0 aliphatic heterocycles. The summed E-state index contributed by atoms with van der Waals surface area (Å²) in [5.74, 6) is -1.45. The van der Waals surface area contributed by atoms with Crippen molar-refractivity contribution in [2.75, 3.05) is 5.73 Å². The van der Waals surface area contributed by atoms with E-state index in [0.717, 1.165) is 15.6 Å². The van der Waals surface area contributed by atoms with E-state index in [4.69, 9.17) is 5.73 Å². The number of fused-ring (bicyclic) bond motifs is 1. The highest BCUT2D eigenvalue weighted by atomic mass is 32.2. The number of hydrogen-bond acceptors (Lipinski definition) is 5. The second-order valence-electron chi connectivity index (χ2n) is 8.70. The lowest BCUT2D eigenvalue weighted by Crippen LogP contribution is -2.23. The van der Waals surface area contributed by atoms with Gasteiger partial charge in [-0.15, -0.1) is 0 Å². The zero-order valence-electron chi connectivity index (χ0n) is 19.6. The van der Waals surface area contributed by atoms with Crippen LogP contribution in [-0.2, 0) is 16.6 Å². The van der Waals surface area contributed by atoms with Gasteiger partial charge in [-0.3, -0.25) is 0 Å². The van der Waals surface area contributed by atoms with Crippen molar-refractivity contribution in [3.8, 4) is 22.5 Å². The van der Waals surface area contributed by atoms with Gasteiger partial charge >= 0.3 is 0 Å². The van der Waals surface area contributed by atoms with Crippen LogP contribution < -0.4 is 5.73 Å². The summed E-state index contributed by atoms with van der Waals surface area (Å²) in [6.45, 7) is 3.24. The van der Waals surface area contributed by atoms with Crippen molar-refractivity contribution < 1.29 is 17.2 Å². The van der Waals surface area contributed by atoms with Crippen molar-refractivity contribution in [1.82, 2.24) is 18.5 Å². The van der Waals surface area contributed by atoms with Crippen LogP contribution in [0.1, 0.15) is 19.4 Å². The molecule has 0 saturated carbocycles. The second-order valence-corrected chi connectivity index (χ2v) is 11.0. The largest absolute Gasteiger partial charge is 0.368 e. The van der Waals surface area contributed by atoms with Crippen LogP contribution in [0.15, 0.2) is 73.1 Å². The first-order valence-corrected chi connectivity index (χ1v) is 12.7. The van der Waals surface area contributed by atoms with E-state index >= 15 is 0 Å². The highest BCUT2D eigenvalue weighted by Gasteiger charge is 2.25. The molecule has 2 heterocycles. The van der Waals surface area contributed by atoms with Gasteiger partial charge in [0.2, 0.25) is 16.0 Å². The maximum Gasteiger partial charge on any atom is 0.244 e. The minimum absolute atomic E-state index is 0.0883. The molecule has 0 unspecified atom stereocenters. The van der Waals surface area contributed by atoms with Gasteiger partial charge in [-0.1, -0.05) is 42.5 Å². The van der Waals surface area contributed by atoms with Crippen LogP contribution in [0, 0.1) is 11.6 Å². The molecule has 0 amide bonds. The van der Waals surface area contributed by atoms with E-state index in [-0.39, 0.29) is 18.1 Å². The van der Waals surface area contributed by atoms with E-state index in [0.29, 0.717) is 28.0 Å². The first-order valence-electron chi connectivity index (χ1n) is 11.2. The molecule has 3 aromatic carbocycles. The van der Waals surface area contributed by atoms with Crippen molar-refractivity contribution in [2.24, 2.45) is 0 Å². The minimum atomic E-state index is -3.79. The number of anilines is 1. The van der Waals surface area contributed by atoms with Crippen molar-refractivity contribution in [1.29, 1.82) is 0 Å². The van der Waals surface area contributed by atoms with E-state index < -0.39 is 26.9 Å². The first kappa shape index (κ1) is 23.7. The SMILES string of the molecule is CC(C)S(=O)(=O)n1c(N)nc2ccc(-c3c(-c4ccccc4)ncn3Cc3ccc(F)cc3F)cc21. The summed E-state index contributed by atoms with van der Waals surface area (Å²) in [5.41, 5.74) is 9.79. The Hall–Kier alpha value is -4.05. The number of rotatable bonds is 6. The van der Waals surface area contributed by atoms with E-state index in [2.05, 4.69) is 9.97 Å². The Labute approximate surface area is 206 Å². The average Bonchev–Trinajstić information content (AvgIpc) is 3.41. The lowest BCUT2D eigenvalue weighted by atomic mass is 10.0. The minimum Gasteiger partial charge on any atom is -0.368 e. The number of nitrogens with zero attached hydrogens (tertiary/aromatic N) is 4. The van der Waals surface area contributed by atoms with Crippen LogP contribution >= 0.6 is 0 Å². The molecule has 5 rings (SSSR count). The van der Waals surface area contributed by atoms with Crippen LogP contribution in [0.3, 0.4) is 0 Å². The predicted molar refractivity (Wildman–Crippen MR) is 136 cm³/mol. The smallest absolute Gasteiger partial charge is 0.244 e. The summed E-state index contributed by atoms with van der Waals surface area (Å²) < 4.78 is 56.9. The number of halogens is 2. The molecule has 184 valence electrons. The van der Waals surface area contributed by atoms with Crippen LogP contribution in [0.25, 0.3) is 33.5 Å². The molecule has 0 saturated heterocycles. The molecule has 0 aliphatic rings. The lowest BCUT2D eigenvalue weighted by Gasteiger charge is -2.14. The maximum atomic E-state index is 14.5. The summed E-state index contributed by atoms with van der Waals surface area (Å²) in [6, 6.07) is 18.1. The number of hydrogen-bond donors (Lipinski definition) is 1. The third kappa shape index (κ3) is 4.03. The van der Waals surface area contributed by atoms with Gasteiger partial charge in [-0.2, -0.15) is 0 Å². The summed E-state index contributed by atoms with van der Waals surface area (Å²) in [5, 5.41) is -0.715. The van der Waals surface area contributed by atoms with E-state index in [1.54, 1.807) is 42.9 Å².